The van der Waals surface area contributed by atoms with Gasteiger partial charge in [0.1, 0.15) is 6.10 Å². The van der Waals surface area contributed by atoms with Crippen LogP contribution in [0.2, 0.25) is 0 Å². The lowest BCUT2D eigenvalue weighted by atomic mass is 10.1. The normalized spacial score (nSPS) is 12.4. The van der Waals surface area contributed by atoms with E-state index in [0.717, 1.165) is 30.5 Å². The van der Waals surface area contributed by atoms with Crippen molar-refractivity contribution in [1.82, 2.24) is 10.2 Å². The predicted octanol–water partition coefficient (Wildman–Crippen LogP) is 1.18. The summed E-state index contributed by atoms with van der Waals surface area (Å²) in [6.07, 6.45) is 4.97. The van der Waals surface area contributed by atoms with E-state index in [1.807, 2.05) is 0 Å². The maximum absolute atomic E-state index is 10.4. The van der Waals surface area contributed by atoms with E-state index in [0.29, 0.717) is 12.9 Å². The number of aliphatic hydroxyl groups is 1. The van der Waals surface area contributed by atoms with Crippen LogP contribution in [0.1, 0.15) is 37.4 Å². The number of carbonyl (C=O) groups excluding carboxylic acids is 1. The highest BCUT2D eigenvalue weighted by atomic mass is 16.5. The fourth-order valence-electron chi connectivity index (χ4n) is 1.60. The third-order valence-corrected chi connectivity index (χ3v) is 2.53. The van der Waals surface area contributed by atoms with Gasteiger partial charge in [-0.1, -0.05) is 19.8 Å². The van der Waals surface area contributed by atoms with Gasteiger partial charge in [0.2, 0.25) is 0 Å². The van der Waals surface area contributed by atoms with E-state index in [-0.39, 0.29) is 12.7 Å². The number of carbonyl (C=O) groups is 1. The largest absolute Gasteiger partial charge is 0.464 e. The zero-order chi connectivity index (χ0) is 11.8. The van der Waals surface area contributed by atoms with Crippen molar-refractivity contribution in [2.45, 2.75) is 45.3 Å². The molecule has 1 aromatic rings. The summed E-state index contributed by atoms with van der Waals surface area (Å²) in [5, 5.41) is 15.8. The summed E-state index contributed by atoms with van der Waals surface area (Å²) in [6, 6.07) is 0. The minimum atomic E-state index is -0.147. The molecule has 0 saturated carbocycles. The Hall–Kier alpha value is -1.36. The number of ether oxygens (including phenoxy) is 1. The number of aliphatic hydroxyl groups excluding tert-OH is 1. The summed E-state index contributed by atoms with van der Waals surface area (Å²) < 4.78 is 5.00. The van der Waals surface area contributed by atoms with Crippen LogP contribution in [0.15, 0.2) is 6.20 Å². The molecule has 0 amide bonds. The van der Waals surface area contributed by atoms with Crippen LogP contribution in [-0.4, -0.2) is 27.9 Å². The molecule has 1 rings (SSSR count). The third-order valence-electron chi connectivity index (χ3n) is 2.53. The first-order chi connectivity index (χ1) is 7.81. The third kappa shape index (κ3) is 3.66. The molecule has 0 aliphatic heterocycles. The van der Waals surface area contributed by atoms with Gasteiger partial charge in [-0.05, 0) is 6.42 Å². The standard InChI is InChI=1S/C11H18N2O3/c1-2-3-4-10(16-8-15)5-11-9(7-14)6-12-13-11/h6,8,10,14H,2-5,7H2,1H3,(H,12,13). The highest BCUT2D eigenvalue weighted by Crippen LogP contribution is 2.13. The van der Waals surface area contributed by atoms with Crippen molar-refractivity contribution >= 4 is 6.47 Å². The SMILES string of the molecule is CCCCC(Cc1n[nH]cc1CO)OC=O. The second-order valence-electron chi connectivity index (χ2n) is 3.72. The molecule has 0 radical (unpaired) electrons. The molecule has 90 valence electrons. The van der Waals surface area contributed by atoms with Crippen LogP contribution in [-0.2, 0) is 22.6 Å². The fourth-order valence-corrected chi connectivity index (χ4v) is 1.60. The van der Waals surface area contributed by atoms with E-state index < -0.39 is 0 Å². The molecular formula is C11H18N2O3. The summed E-state index contributed by atoms with van der Waals surface area (Å²) in [7, 11) is 0. The molecule has 2 N–H and O–H groups in total. The van der Waals surface area contributed by atoms with Crippen LogP contribution in [0.4, 0.5) is 0 Å². The molecule has 1 atom stereocenters. The van der Waals surface area contributed by atoms with Gasteiger partial charge in [-0.2, -0.15) is 5.10 Å². The average Bonchev–Trinajstić information content (AvgIpc) is 2.73. The van der Waals surface area contributed by atoms with Crippen molar-refractivity contribution in [3.05, 3.63) is 17.5 Å². The molecule has 0 aromatic carbocycles. The van der Waals surface area contributed by atoms with Crippen LogP contribution in [0.25, 0.3) is 0 Å². The van der Waals surface area contributed by atoms with E-state index in [1.165, 1.54) is 0 Å². The quantitative estimate of drug-likeness (QED) is 0.652. The fraction of sp³-hybridized carbons (Fsp3) is 0.636. The summed E-state index contributed by atoms with van der Waals surface area (Å²) in [5.74, 6) is 0. The molecule has 0 aliphatic rings. The summed E-state index contributed by atoms with van der Waals surface area (Å²) in [6.45, 7) is 2.52. The lowest BCUT2D eigenvalue weighted by Crippen LogP contribution is -2.16. The topological polar surface area (TPSA) is 75.2 Å². The Morgan fingerprint density at radius 1 is 1.69 bits per heavy atom. The molecule has 0 aliphatic carbocycles. The first-order valence-electron chi connectivity index (χ1n) is 5.53. The monoisotopic (exact) mass is 226 g/mol. The maximum atomic E-state index is 10.4. The number of hydrogen-bond donors (Lipinski definition) is 2. The second kappa shape index (κ2) is 7.00. The van der Waals surface area contributed by atoms with Crippen LogP contribution >= 0.6 is 0 Å². The van der Waals surface area contributed by atoms with Crippen molar-refractivity contribution in [1.29, 1.82) is 0 Å². The zero-order valence-corrected chi connectivity index (χ0v) is 9.48. The molecule has 16 heavy (non-hydrogen) atoms. The van der Waals surface area contributed by atoms with Crippen molar-refractivity contribution in [2.24, 2.45) is 0 Å². The Bertz CT molecular complexity index is 312. The molecule has 5 nitrogen and oxygen atoms in total. The van der Waals surface area contributed by atoms with Crippen LogP contribution < -0.4 is 0 Å². The van der Waals surface area contributed by atoms with Crippen LogP contribution in [0, 0.1) is 0 Å². The minimum absolute atomic E-state index is 0.0482. The van der Waals surface area contributed by atoms with E-state index >= 15 is 0 Å². The average molecular weight is 226 g/mol. The number of rotatable bonds is 8. The van der Waals surface area contributed by atoms with Crippen LogP contribution in [0.5, 0.6) is 0 Å². The van der Waals surface area contributed by atoms with Gasteiger partial charge in [0, 0.05) is 18.2 Å². The Labute approximate surface area is 94.8 Å². The lowest BCUT2D eigenvalue weighted by Gasteiger charge is -2.13. The van der Waals surface area contributed by atoms with Gasteiger partial charge >= 0.3 is 0 Å². The molecule has 5 heteroatoms. The molecule has 0 fully saturated rings. The number of aromatic amines is 1. The highest BCUT2D eigenvalue weighted by molar-refractivity contribution is 5.37. The first-order valence-corrected chi connectivity index (χ1v) is 5.53. The minimum Gasteiger partial charge on any atom is -0.464 e. The Kier molecular flexibility index (Phi) is 5.56. The molecule has 1 unspecified atom stereocenters. The number of H-pyrrole nitrogens is 1. The first kappa shape index (κ1) is 12.7. The van der Waals surface area contributed by atoms with E-state index in [2.05, 4.69) is 17.1 Å². The van der Waals surface area contributed by atoms with Crippen molar-refractivity contribution < 1.29 is 14.6 Å². The van der Waals surface area contributed by atoms with Gasteiger partial charge < -0.3 is 9.84 Å². The Morgan fingerprint density at radius 2 is 2.50 bits per heavy atom. The van der Waals surface area contributed by atoms with Crippen molar-refractivity contribution in [3.63, 3.8) is 0 Å². The van der Waals surface area contributed by atoms with Crippen LogP contribution in [0.3, 0.4) is 0 Å². The molecule has 0 saturated heterocycles. The number of unbranched alkanes of at least 4 members (excludes halogenated alkanes) is 1. The summed E-state index contributed by atoms with van der Waals surface area (Å²) >= 11 is 0. The summed E-state index contributed by atoms with van der Waals surface area (Å²) in [5.41, 5.74) is 1.53. The number of hydrogen-bond acceptors (Lipinski definition) is 4. The maximum Gasteiger partial charge on any atom is 0.293 e. The molecule has 0 spiro atoms. The number of nitrogens with one attached hydrogen (secondary N) is 1. The van der Waals surface area contributed by atoms with Gasteiger partial charge in [-0.15, -0.1) is 0 Å². The lowest BCUT2D eigenvalue weighted by molar-refractivity contribution is -0.133. The van der Waals surface area contributed by atoms with Gasteiger partial charge in [-0.3, -0.25) is 9.89 Å². The number of nitrogens with zero attached hydrogens (tertiary/aromatic N) is 1. The van der Waals surface area contributed by atoms with Gasteiger partial charge in [0.25, 0.3) is 6.47 Å². The predicted molar refractivity (Wildman–Crippen MR) is 58.7 cm³/mol. The van der Waals surface area contributed by atoms with Crippen molar-refractivity contribution in [3.8, 4) is 0 Å². The van der Waals surface area contributed by atoms with Gasteiger partial charge in [0.15, 0.2) is 0 Å². The second-order valence-corrected chi connectivity index (χ2v) is 3.72. The Morgan fingerprint density at radius 3 is 3.12 bits per heavy atom. The van der Waals surface area contributed by atoms with Crippen molar-refractivity contribution in [2.75, 3.05) is 0 Å². The molecule has 1 heterocycles. The zero-order valence-electron chi connectivity index (χ0n) is 9.48. The molecule has 0 bridgehead atoms. The van der Waals surface area contributed by atoms with E-state index in [4.69, 9.17) is 9.84 Å². The van der Waals surface area contributed by atoms with E-state index in [1.54, 1.807) is 6.20 Å². The van der Waals surface area contributed by atoms with Gasteiger partial charge in [0.05, 0.1) is 12.3 Å². The number of aromatic nitrogens is 2. The Balaban J connectivity index is 2.55. The van der Waals surface area contributed by atoms with E-state index in [9.17, 15) is 4.79 Å². The smallest absolute Gasteiger partial charge is 0.293 e. The highest BCUT2D eigenvalue weighted by Gasteiger charge is 2.14. The van der Waals surface area contributed by atoms with Gasteiger partial charge in [-0.25, -0.2) is 0 Å². The molecular weight excluding hydrogens is 208 g/mol. The summed E-state index contributed by atoms with van der Waals surface area (Å²) in [4.78, 5) is 10.4. The molecule has 1 aromatic heterocycles.